The van der Waals surface area contributed by atoms with E-state index in [0.717, 1.165) is 18.8 Å². The lowest BCUT2D eigenvalue weighted by Crippen LogP contribution is -2.40. The van der Waals surface area contributed by atoms with E-state index >= 15 is 0 Å². The summed E-state index contributed by atoms with van der Waals surface area (Å²) in [5.74, 6) is -0.438. The molecule has 1 aliphatic heterocycles. The van der Waals surface area contributed by atoms with Crippen LogP contribution in [0.1, 0.15) is 37.0 Å². The molecular weight excluding hydrogens is 226 g/mol. The summed E-state index contributed by atoms with van der Waals surface area (Å²) in [6, 6.07) is 5.31. The average Bonchev–Trinajstić information content (AvgIpc) is 2.27. The number of primary amides is 1. The highest BCUT2D eigenvalue weighted by Crippen LogP contribution is 2.34. The normalized spacial score (nSPS) is 18.7. The molecule has 1 heterocycles. The Hall–Kier alpha value is -1.71. The first-order valence-electron chi connectivity index (χ1n) is 6.33. The predicted octanol–water partition coefficient (Wildman–Crippen LogP) is 1.99. The smallest absolute Gasteiger partial charge is 0.248 e. The summed E-state index contributed by atoms with van der Waals surface area (Å²) in [6.45, 7) is 6.55. The van der Waals surface area contributed by atoms with Gasteiger partial charge in [-0.1, -0.05) is 13.8 Å². The maximum Gasteiger partial charge on any atom is 0.248 e. The number of piperidine rings is 1. The Labute approximate surface area is 108 Å². The van der Waals surface area contributed by atoms with Crippen molar-refractivity contribution in [2.75, 3.05) is 23.7 Å². The van der Waals surface area contributed by atoms with Crippen molar-refractivity contribution in [3.05, 3.63) is 23.8 Å². The number of nitrogen functional groups attached to an aromatic ring is 1. The van der Waals surface area contributed by atoms with Gasteiger partial charge in [0.2, 0.25) is 5.91 Å². The number of carbonyl (C=O) groups excluding carboxylic acids is 1. The van der Waals surface area contributed by atoms with Crippen molar-refractivity contribution in [2.45, 2.75) is 26.7 Å². The van der Waals surface area contributed by atoms with E-state index in [1.807, 2.05) is 6.07 Å². The number of hydrogen-bond donors (Lipinski definition) is 2. The second kappa shape index (κ2) is 4.52. The molecule has 0 bridgehead atoms. The van der Waals surface area contributed by atoms with Crippen LogP contribution in [0.4, 0.5) is 11.4 Å². The van der Waals surface area contributed by atoms with E-state index in [1.165, 1.54) is 12.8 Å². The first kappa shape index (κ1) is 12.7. The summed E-state index contributed by atoms with van der Waals surface area (Å²) in [7, 11) is 0. The van der Waals surface area contributed by atoms with Crippen molar-refractivity contribution in [1.82, 2.24) is 0 Å². The molecule has 1 amide bonds. The predicted molar refractivity (Wildman–Crippen MR) is 74.6 cm³/mol. The summed E-state index contributed by atoms with van der Waals surface area (Å²) in [5, 5.41) is 0. The molecule has 0 radical (unpaired) electrons. The number of hydrogen-bond acceptors (Lipinski definition) is 3. The van der Waals surface area contributed by atoms with Crippen molar-refractivity contribution in [3.8, 4) is 0 Å². The van der Waals surface area contributed by atoms with Crippen LogP contribution in [0.15, 0.2) is 18.2 Å². The third-order valence-corrected chi connectivity index (χ3v) is 3.55. The molecule has 98 valence electrons. The van der Waals surface area contributed by atoms with Gasteiger partial charge in [0.05, 0.1) is 11.4 Å². The highest BCUT2D eigenvalue weighted by atomic mass is 16.1. The molecule has 0 spiro atoms. The first-order chi connectivity index (χ1) is 8.39. The molecule has 4 N–H and O–H groups in total. The fourth-order valence-corrected chi connectivity index (χ4v) is 2.62. The van der Waals surface area contributed by atoms with Crippen LogP contribution in [0.5, 0.6) is 0 Å². The molecule has 1 aliphatic rings. The van der Waals surface area contributed by atoms with Gasteiger partial charge in [0.25, 0.3) is 0 Å². The van der Waals surface area contributed by atoms with E-state index in [9.17, 15) is 4.79 Å². The fourth-order valence-electron chi connectivity index (χ4n) is 2.62. The van der Waals surface area contributed by atoms with Gasteiger partial charge in [-0.05, 0) is 36.5 Å². The quantitative estimate of drug-likeness (QED) is 0.785. The molecule has 0 saturated carbocycles. The van der Waals surface area contributed by atoms with Crippen LogP contribution in [-0.2, 0) is 0 Å². The zero-order chi connectivity index (χ0) is 13.3. The van der Waals surface area contributed by atoms with Crippen LogP contribution >= 0.6 is 0 Å². The summed E-state index contributed by atoms with van der Waals surface area (Å²) < 4.78 is 0. The van der Waals surface area contributed by atoms with E-state index in [0.29, 0.717) is 16.7 Å². The number of rotatable bonds is 2. The van der Waals surface area contributed by atoms with Crippen molar-refractivity contribution < 1.29 is 4.79 Å². The molecule has 0 atom stereocenters. The van der Waals surface area contributed by atoms with Crippen LogP contribution in [0.3, 0.4) is 0 Å². The Kier molecular flexibility index (Phi) is 3.20. The van der Waals surface area contributed by atoms with Gasteiger partial charge in [-0.15, -0.1) is 0 Å². The van der Waals surface area contributed by atoms with Crippen molar-refractivity contribution in [2.24, 2.45) is 11.1 Å². The number of carbonyl (C=O) groups is 1. The topological polar surface area (TPSA) is 72.3 Å². The largest absolute Gasteiger partial charge is 0.397 e. The lowest BCUT2D eigenvalue weighted by Gasteiger charge is -2.40. The van der Waals surface area contributed by atoms with Crippen LogP contribution in [0.2, 0.25) is 0 Å². The highest BCUT2D eigenvalue weighted by Gasteiger charge is 2.27. The van der Waals surface area contributed by atoms with Gasteiger partial charge < -0.3 is 16.4 Å². The maximum atomic E-state index is 11.1. The zero-order valence-electron chi connectivity index (χ0n) is 11.1. The Bertz CT molecular complexity index is 468. The Balaban J connectivity index is 2.26. The molecule has 1 saturated heterocycles. The zero-order valence-corrected chi connectivity index (χ0v) is 11.1. The number of nitrogens with zero attached hydrogens (tertiary/aromatic N) is 1. The summed E-state index contributed by atoms with van der Waals surface area (Å²) in [6.07, 6.45) is 2.41. The molecule has 2 rings (SSSR count). The Morgan fingerprint density at radius 3 is 2.67 bits per heavy atom. The summed E-state index contributed by atoms with van der Waals surface area (Å²) in [4.78, 5) is 13.4. The summed E-state index contributed by atoms with van der Waals surface area (Å²) >= 11 is 0. The SMILES string of the molecule is CC1(C)CCCN(c2ccc(C(N)=O)cc2N)C1. The average molecular weight is 247 g/mol. The molecule has 0 aliphatic carbocycles. The van der Waals surface area contributed by atoms with Gasteiger partial charge in [-0.25, -0.2) is 0 Å². The van der Waals surface area contributed by atoms with Gasteiger partial charge in [0.1, 0.15) is 0 Å². The molecule has 1 fully saturated rings. The molecular formula is C14H21N3O. The van der Waals surface area contributed by atoms with Crippen LogP contribution in [0, 0.1) is 5.41 Å². The standard InChI is InChI=1S/C14H21N3O/c1-14(2)6-3-7-17(9-14)12-5-4-10(13(16)18)8-11(12)15/h4-5,8H,3,6-7,9,15H2,1-2H3,(H2,16,18). The van der Waals surface area contributed by atoms with Gasteiger partial charge in [0, 0.05) is 18.7 Å². The molecule has 0 unspecified atom stereocenters. The minimum Gasteiger partial charge on any atom is -0.397 e. The minimum absolute atomic E-state index is 0.313. The molecule has 0 aromatic heterocycles. The van der Waals surface area contributed by atoms with E-state index in [-0.39, 0.29) is 0 Å². The lowest BCUT2D eigenvalue weighted by molar-refractivity contribution is 0.100. The number of benzene rings is 1. The van der Waals surface area contributed by atoms with Gasteiger partial charge in [0.15, 0.2) is 0 Å². The number of anilines is 2. The molecule has 4 heteroatoms. The van der Waals surface area contributed by atoms with Crippen LogP contribution in [0.25, 0.3) is 0 Å². The highest BCUT2D eigenvalue weighted by molar-refractivity contribution is 5.94. The monoisotopic (exact) mass is 247 g/mol. The second-order valence-electron chi connectivity index (χ2n) is 5.83. The van der Waals surface area contributed by atoms with Crippen LogP contribution in [-0.4, -0.2) is 19.0 Å². The number of nitrogens with two attached hydrogens (primary N) is 2. The van der Waals surface area contributed by atoms with E-state index in [4.69, 9.17) is 11.5 Å². The van der Waals surface area contributed by atoms with Crippen molar-refractivity contribution in [1.29, 1.82) is 0 Å². The first-order valence-corrected chi connectivity index (χ1v) is 6.33. The van der Waals surface area contributed by atoms with Crippen molar-refractivity contribution in [3.63, 3.8) is 0 Å². The second-order valence-corrected chi connectivity index (χ2v) is 5.83. The molecule has 1 aromatic carbocycles. The maximum absolute atomic E-state index is 11.1. The Morgan fingerprint density at radius 1 is 1.39 bits per heavy atom. The van der Waals surface area contributed by atoms with E-state index in [2.05, 4.69) is 18.7 Å². The van der Waals surface area contributed by atoms with Gasteiger partial charge >= 0.3 is 0 Å². The Morgan fingerprint density at radius 2 is 2.11 bits per heavy atom. The van der Waals surface area contributed by atoms with Gasteiger partial charge in [-0.3, -0.25) is 4.79 Å². The van der Waals surface area contributed by atoms with Gasteiger partial charge in [-0.2, -0.15) is 0 Å². The molecule has 4 nitrogen and oxygen atoms in total. The number of amides is 1. The lowest BCUT2D eigenvalue weighted by atomic mass is 9.84. The molecule has 1 aromatic rings. The van der Waals surface area contributed by atoms with E-state index < -0.39 is 5.91 Å². The minimum atomic E-state index is -0.438. The molecule has 18 heavy (non-hydrogen) atoms. The van der Waals surface area contributed by atoms with Crippen molar-refractivity contribution >= 4 is 17.3 Å². The third-order valence-electron chi connectivity index (χ3n) is 3.55. The third kappa shape index (κ3) is 2.58. The van der Waals surface area contributed by atoms with E-state index in [1.54, 1.807) is 12.1 Å². The fraction of sp³-hybridized carbons (Fsp3) is 0.500. The summed E-state index contributed by atoms with van der Waals surface area (Å²) in [5.41, 5.74) is 13.7. The van der Waals surface area contributed by atoms with Crippen LogP contribution < -0.4 is 16.4 Å².